The maximum Gasteiger partial charge on any atom is 0.264 e. The standard InChI is InChI=1S/C30H34N2O3S/c1-4-23(30(33)32-36(34,35)28-12-6-5-7-13-28)20-25-18-22(3)29(19-21(25)2)24-14-16-27(17-15-24)31-26-10-8-9-11-26/h5-7,12-20,26,31H,4,8-11H2,1-3H3,(H,32,33). The summed E-state index contributed by atoms with van der Waals surface area (Å²) in [4.78, 5) is 12.9. The van der Waals surface area contributed by atoms with Gasteiger partial charge in [0.1, 0.15) is 0 Å². The molecule has 0 aromatic heterocycles. The van der Waals surface area contributed by atoms with Crippen LogP contribution in [0.3, 0.4) is 0 Å². The molecule has 3 aromatic carbocycles. The molecule has 0 unspecified atom stereocenters. The van der Waals surface area contributed by atoms with Crippen LogP contribution in [-0.2, 0) is 14.8 Å². The van der Waals surface area contributed by atoms with Crippen molar-refractivity contribution in [3.05, 3.63) is 89.0 Å². The first-order valence-electron chi connectivity index (χ1n) is 12.6. The molecule has 0 heterocycles. The average Bonchev–Trinajstić information content (AvgIpc) is 3.38. The van der Waals surface area contributed by atoms with E-state index in [0.29, 0.717) is 18.0 Å². The highest BCUT2D eigenvalue weighted by Crippen LogP contribution is 2.30. The van der Waals surface area contributed by atoms with Crippen LogP contribution >= 0.6 is 0 Å². The van der Waals surface area contributed by atoms with E-state index in [1.165, 1.54) is 37.8 Å². The molecule has 0 atom stereocenters. The predicted molar refractivity (Wildman–Crippen MR) is 147 cm³/mol. The van der Waals surface area contributed by atoms with Gasteiger partial charge in [-0.25, -0.2) is 13.1 Å². The minimum atomic E-state index is -3.92. The maximum absolute atomic E-state index is 12.8. The Kier molecular flexibility index (Phi) is 7.94. The van der Waals surface area contributed by atoms with Gasteiger partial charge in [-0.1, -0.05) is 62.2 Å². The Bertz CT molecular complexity index is 1360. The molecule has 2 N–H and O–H groups in total. The fourth-order valence-electron chi connectivity index (χ4n) is 4.72. The van der Waals surface area contributed by atoms with Gasteiger partial charge in [-0.2, -0.15) is 0 Å². The number of hydrogen-bond acceptors (Lipinski definition) is 4. The molecule has 1 aliphatic carbocycles. The van der Waals surface area contributed by atoms with Gasteiger partial charge in [0, 0.05) is 17.3 Å². The second kappa shape index (κ2) is 11.1. The smallest absolute Gasteiger partial charge is 0.264 e. The van der Waals surface area contributed by atoms with Gasteiger partial charge in [-0.05, 0) is 91.3 Å². The highest BCUT2D eigenvalue weighted by molar-refractivity contribution is 7.90. The largest absolute Gasteiger partial charge is 0.382 e. The normalized spacial score (nSPS) is 14.6. The summed E-state index contributed by atoms with van der Waals surface area (Å²) in [5.41, 5.74) is 6.87. The van der Waals surface area contributed by atoms with E-state index >= 15 is 0 Å². The van der Waals surface area contributed by atoms with Crippen molar-refractivity contribution in [3.63, 3.8) is 0 Å². The molecule has 1 aliphatic rings. The molecule has 0 aliphatic heterocycles. The van der Waals surface area contributed by atoms with Crippen molar-refractivity contribution in [2.24, 2.45) is 0 Å². The van der Waals surface area contributed by atoms with Crippen LogP contribution in [0.4, 0.5) is 5.69 Å². The van der Waals surface area contributed by atoms with E-state index in [9.17, 15) is 13.2 Å². The molecule has 188 valence electrons. The quantitative estimate of drug-likeness (QED) is 0.339. The van der Waals surface area contributed by atoms with Gasteiger partial charge in [0.15, 0.2) is 0 Å². The van der Waals surface area contributed by atoms with E-state index in [1.54, 1.807) is 24.3 Å². The first-order chi connectivity index (χ1) is 17.3. The summed E-state index contributed by atoms with van der Waals surface area (Å²) in [7, 11) is -3.92. The second-order valence-corrected chi connectivity index (χ2v) is 11.2. The van der Waals surface area contributed by atoms with Gasteiger partial charge in [0.25, 0.3) is 15.9 Å². The summed E-state index contributed by atoms with van der Waals surface area (Å²) in [6.45, 7) is 5.91. The molecule has 1 saturated carbocycles. The van der Waals surface area contributed by atoms with Crippen molar-refractivity contribution in [2.45, 2.75) is 63.8 Å². The number of nitrogens with one attached hydrogen (secondary N) is 2. The third-order valence-electron chi connectivity index (χ3n) is 6.82. The van der Waals surface area contributed by atoms with Crippen LogP contribution < -0.4 is 10.0 Å². The monoisotopic (exact) mass is 502 g/mol. The van der Waals surface area contributed by atoms with Crippen LogP contribution in [0.25, 0.3) is 17.2 Å². The summed E-state index contributed by atoms with van der Waals surface area (Å²) in [6.07, 6.45) is 7.29. The molecule has 4 rings (SSSR count). The highest BCUT2D eigenvalue weighted by atomic mass is 32.2. The Balaban J connectivity index is 1.53. The van der Waals surface area contributed by atoms with Crippen LogP contribution in [0.2, 0.25) is 0 Å². The van der Waals surface area contributed by atoms with Gasteiger partial charge in [0.05, 0.1) is 4.90 Å². The zero-order valence-corrected chi connectivity index (χ0v) is 22.0. The number of benzene rings is 3. The third-order valence-corrected chi connectivity index (χ3v) is 8.16. The third kappa shape index (κ3) is 6.05. The van der Waals surface area contributed by atoms with Crippen molar-refractivity contribution in [1.82, 2.24) is 4.72 Å². The topological polar surface area (TPSA) is 75.3 Å². The summed E-state index contributed by atoms with van der Waals surface area (Å²) in [6, 6.07) is 21.3. The van der Waals surface area contributed by atoms with Gasteiger partial charge >= 0.3 is 0 Å². The van der Waals surface area contributed by atoms with Gasteiger partial charge < -0.3 is 5.32 Å². The minimum absolute atomic E-state index is 0.0645. The number of hydrogen-bond donors (Lipinski definition) is 2. The van der Waals surface area contributed by atoms with Crippen molar-refractivity contribution < 1.29 is 13.2 Å². The maximum atomic E-state index is 12.8. The lowest BCUT2D eigenvalue weighted by molar-refractivity contribution is -0.115. The van der Waals surface area contributed by atoms with Crippen LogP contribution in [0.15, 0.2) is 77.2 Å². The average molecular weight is 503 g/mol. The van der Waals surface area contributed by atoms with Crippen molar-refractivity contribution in [3.8, 4) is 11.1 Å². The van der Waals surface area contributed by atoms with E-state index < -0.39 is 15.9 Å². The molecule has 5 nitrogen and oxygen atoms in total. The summed E-state index contributed by atoms with van der Waals surface area (Å²) < 4.78 is 27.4. The van der Waals surface area contributed by atoms with Crippen LogP contribution in [0, 0.1) is 13.8 Å². The Morgan fingerprint density at radius 1 is 0.944 bits per heavy atom. The van der Waals surface area contributed by atoms with Crippen molar-refractivity contribution in [1.29, 1.82) is 0 Å². The number of amides is 1. The molecule has 0 radical (unpaired) electrons. The van der Waals surface area contributed by atoms with E-state index in [1.807, 2.05) is 13.8 Å². The molecular weight excluding hydrogens is 468 g/mol. The molecule has 3 aromatic rings. The minimum Gasteiger partial charge on any atom is -0.382 e. The van der Waals surface area contributed by atoms with Crippen LogP contribution in [-0.4, -0.2) is 20.4 Å². The van der Waals surface area contributed by atoms with E-state index in [-0.39, 0.29) is 4.90 Å². The first-order valence-corrected chi connectivity index (χ1v) is 14.1. The molecule has 6 heteroatoms. The zero-order chi connectivity index (χ0) is 25.7. The zero-order valence-electron chi connectivity index (χ0n) is 21.2. The molecule has 36 heavy (non-hydrogen) atoms. The van der Waals surface area contributed by atoms with Gasteiger partial charge in [-0.3, -0.25) is 4.79 Å². The Labute approximate surface area is 214 Å². The van der Waals surface area contributed by atoms with Crippen molar-refractivity contribution >= 4 is 27.7 Å². The Morgan fingerprint density at radius 3 is 2.25 bits per heavy atom. The van der Waals surface area contributed by atoms with E-state index in [4.69, 9.17) is 0 Å². The van der Waals surface area contributed by atoms with Crippen molar-refractivity contribution in [2.75, 3.05) is 5.32 Å². The number of rotatable bonds is 8. The lowest BCUT2D eigenvalue weighted by Gasteiger charge is -2.15. The molecule has 0 spiro atoms. The first kappa shape index (κ1) is 25.7. The summed E-state index contributed by atoms with van der Waals surface area (Å²) in [5, 5.41) is 3.63. The van der Waals surface area contributed by atoms with Gasteiger partial charge in [-0.15, -0.1) is 0 Å². The molecule has 1 fully saturated rings. The number of sulfonamides is 1. The fraction of sp³-hybridized carbons (Fsp3) is 0.300. The lowest BCUT2D eigenvalue weighted by atomic mass is 9.93. The van der Waals surface area contributed by atoms with Crippen LogP contribution in [0.5, 0.6) is 0 Å². The number of aryl methyl sites for hydroxylation is 2. The lowest BCUT2D eigenvalue weighted by Crippen LogP contribution is -2.31. The number of carbonyl (C=O) groups excluding carboxylic acids is 1. The number of carbonyl (C=O) groups is 1. The highest BCUT2D eigenvalue weighted by Gasteiger charge is 2.20. The molecule has 0 bridgehead atoms. The van der Waals surface area contributed by atoms with E-state index in [0.717, 1.165) is 33.5 Å². The van der Waals surface area contributed by atoms with Crippen LogP contribution in [0.1, 0.15) is 55.7 Å². The summed E-state index contributed by atoms with van der Waals surface area (Å²) >= 11 is 0. The van der Waals surface area contributed by atoms with E-state index in [2.05, 4.69) is 53.4 Å². The summed E-state index contributed by atoms with van der Waals surface area (Å²) in [5.74, 6) is -0.604. The molecule has 1 amide bonds. The molecule has 0 saturated heterocycles. The Hall–Kier alpha value is -3.38. The second-order valence-electron chi connectivity index (χ2n) is 9.50. The van der Waals surface area contributed by atoms with Gasteiger partial charge in [0.2, 0.25) is 0 Å². The fourth-order valence-corrected chi connectivity index (χ4v) is 5.73. The SMILES string of the molecule is CCC(=Cc1cc(C)c(-c2ccc(NC3CCCC3)cc2)cc1C)C(=O)NS(=O)(=O)c1ccccc1. The Morgan fingerprint density at radius 2 is 1.61 bits per heavy atom. The molecular formula is C30H34N2O3S. The predicted octanol–water partition coefficient (Wildman–Crippen LogP) is 6.62. The number of anilines is 1.